The van der Waals surface area contributed by atoms with E-state index in [0.29, 0.717) is 11.7 Å². The van der Waals surface area contributed by atoms with Gasteiger partial charge in [0.25, 0.3) is 0 Å². The molecule has 15 heavy (non-hydrogen) atoms. The lowest BCUT2D eigenvalue weighted by molar-refractivity contribution is 0.0724. The minimum atomic E-state index is -3.12. The summed E-state index contributed by atoms with van der Waals surface area (Å²) in [6.45, 7) is 4.44. The molecule has 0 aromatic carbocycles. The van der Waals surface area contributed by atoms with E-state index in [0.717, 1.165) is 12.8 Å². The first kappa shape index (κ1) is 8.96. The maximum Gasteiger partial charge on any atom is 0.239 e. The Kier molecular flexibility index (Phi) is 1.13. The zero-order chi connectivity index (χ0) is 10.7. The van der Waals surface area contributed by atoms with Gasteiger partial charge in [-0.2, -0.15) is 0 Å². The third-order valence-corrected chi connectivity index (χ3v) is 7.35. The number of hydrogen-bond donors (Lipinski definition) is 0. The van der Waals surface area contributed by atoms with Crippen LogP contribution in [-0.4, -0.2) is 24.4 Å². The lowest BCUT2D eigenvalue weighted by Crippen LogP contribution is -2.41. The molecule has 4 fully saturated rings. The molecule has 5 heteroatoms. The van der Waals surface area contributed by atoms with Gasteiger partial charge in [0.15, 0.2) is 5.72 Å². The van der Waals surface area contributed by atoms with E-state index in [-0.39, 0.29) is 10.8 Å². The minimum Gasteiger partial charge on any atom is -0.255 e. The molecule has 4 nitrogen and oxygen atoms in total. The van der Waals surface area contributed by atoms with Crippen LogP contribution in [0.25, 0.3) is 0 Å². The summed E-state index contributed by atoms with van der Waals surface area (Å²) < 4.78 is 25.1. The van der Waals surface area contributed by atoms with E-state index in [4.69, 9.17) is 4.84 Å². The molecule has 1 unspecified atom stereocenters. The van der Waals surface area contributed by atoms with Gasteiger partial charge in [-0.05, 0) is 35.1 Å². The Balaban J connectivity index is 1.99. The van der Waals surface area contributed by atoms with Gasteiger partial charge in [-0.25, -0.2) is 8.42 Å². The Morgan fingerprint density at radius 2 is 2.13 bits per heavy atom. The van der Waals surface area contributed by atoms with E-state index >= 15 is 0 Å². The molecule has 2 spiro atoms. The second kappa shape index (κ2) is 1.89. The van der Waals surface area contributed by atoms with Crippen LogP contribution >= 0.6 is 0 Å². The predicted molar refractivity (Wildman–Crippen MR) is 53.0 cm³/mol. The fourth-order valence-corrected chi connectivity index (χ4v) is 7.01. The van der Waals surface area contributed by atoms with Gasteiger partial charge >= 0.3 is 0 Å². The van der Waals surface area contributed by atoms with E-state index in [1.54, 1.807) is 0 Å². The van der Waals surface area contributed by atoms with Crippen LogP contribution < -0.4 is 0 Å². The molecule has 84 valence electrons. The van der Waals surface area contributed by atoms with Gasteiger partial charge < -0.3 is 0 Å². The molecule has 2 heterocycles. The van der Waals surface area contributed by atoms with Gasteiger partial charge in [-0.3, -0.25) is 4.84 Å². The normalized spacial score (nSPS) is 61.5. The number of hydrogen-bond acceptors (Lipinski definition) is 3. The first-order valence-corrected chi connectivity index (χ1v) is 7.19. The highest BCUT2D eigenvalue weighted by Gasteiger charge is 2.88. The van der Waals surface area contributed by atoms with Gasteiger partial charge in [0, 0.05) is 5.41 Å². The van der Waals surface area contributed by atoms with Gasteiger partial charge in [-0.1, -0.05) is 13.8 Å². The highest BCUT2D eigenvalue weighted by molar-refractivity contribution is 7.89. The first-order chi connectivity index (χ1) is 6.86. The van der Waals surface area contributed by atoms with Gasteiger partial charge in [0.2, 0.25) is 10.0 Å². The average Bonchev–Trinajstić information content (AvgIpc) is 2.70. The van der Waals surface area contributed by atoms with Crippen molar-refractivity contribution in [1.29, 1.82) is 0 Å². The van der Waals surface area contributed by atoms with Crippen LogP contribution in [0, 0.1) is 16.7 Å². The van der Waals surface area contributed by atoms with E-state index < -0.39 is 15.7 Å². The molecule has 2 bridgehead atoms. The van der Waals surface area contributed by atoms with Crippen LogP contribution in [0.15, 0.2) is 0 Å². The van der Waals surface area contributed by atoms with E-state index in [2.05, 4.69) is 13.8 Å². The van der Waals surface area contributed by atoms with Crippen LogP contribution in [0.5, 0.6) is 0 Å². The van der Waals surface area contributed by atoms with E-state index in [1.165, 1.54) is 10.9 Å². The summed E-state index contributed by atoms with van der Waals surface area (Å²) in [4.78, 5) is 5.49. The van der Waals surface area contributed by atoms with Crippen molar-refractivity contribution < 1.29 is 13.3 Å². The molecule has 4 aliphatic rings. The lowest BCUT2D eigenvalue weighted by atomic mass is 9.68. The third-order valence-electron chi connectivity index (χ3n) is 5.62. The van der Waals surface area contributed by atoms with Crippen molar-refractivity contribution in [2.75, 3.05) is 5.75 Å². The van der Waals surface area contributed by atoms with Crippen molar-refractivity contribution in [3.8, 4) is 0 Å². The predicted octanol–water partition coefficient (Wildman–Crippen LogP) is 1.10. The largest absolute Gasteiger partial charge is 0.255 e. The molecule has 2 aliphatic heterocycles. The number of fused-ring (bicyclic) bond motifs is 1. The first-order valence-electron chi connectivity index (χ1n) is 5.58. The topological polar surface area (TPSA) is 49.7 Å². The summed E-state index contributed by atoms with van der Waals surface area (Å²) in [5.41, 5.74) is -0.424. The van der Waals surface area contributed by atoms with Crippen LogP contribution in [0.1, 0.15) is 33.1 Å². The Morgan fingerprint density at radius 3 is 2.67 bits per heavy atom. The second-order valence-corrected chi connectivity index (χ2v) is 7.89. The van der Waals surface area contributed by atoms with Crippen molar-refractivity contribution >= 4 is 10.0 Å². The Bertz CT molecular complexity index is 471. The fraction of sp³-hybridized carbons (Fsp3) is 1.00. The summed E-state index contributed by atoms with van der Waals surface area (Å²) in [5, 5.41) is 0. The Hall–Kier alpha value is -0.130. The molecule has 0 aromatic heterocycles. The zero-order valence-corrected chi connectivity index (χ0v) is 9.80. The molecule has 2 aliphatic carbocycles. The average molecular weight is 229 g/mol. The summed E-state index contributed by atoms with van der Waals surface area (Å²) in [5.74, 6) is 0.946. The highest BCUT2D eigenvalue weighted by atomic mass is 32.2. The van der Waals surface area contributed by atoms with E-state index in [1.807, 2.05) is 0 Å². The highest BCUT2D eigenvalue weighted by Crippen LogP contribution is 2.80. The molecule has 0 N–H and O–H groups in total. The second-order valence-electron chi connectivity index (χ2n) is 6.10. The smallest absolute Gasteiger partial charge is 0.239 e. The fourth-order valence-electron chi connectivity index (χ4n) is 4.59. The van der Waals surface area contributed by atoms with Crippen LogP contribution in [0.4, 0.5) is 0 Å². The molecule has 2 saturated carbocycles. The number of sulfonamides is 1. The van der Waals surface area contributed by atoms with E-state index in [9.17, 15) is 8.42 Å². The van der Waals surface area contributed by atoms with Crippen molar-refractivity contribution in [2.24, 2.45) is 16.7 Å². The molecule has 4 atom stereocenters. The molecular formula is C10H15NO3S. The van der Waals surface area contributed by atoms with Gasteiger partial charge in [0.05, 0.1) is 5.75 Å². The molecule has 2 saturated heterocycles. The molecule has 0 aromatic rings. The lowest BCUT2D eigenvalue weighted by Gasteiger charge is -2.36. The summed E-state index contributed by atoms with van der Waals surface area (Å²) in [7, 11) is -3.12. The number of nitrogens with zero attached hydrogens (tertiary/aromatic N) is 1. The standard InChI is InChI=1S/C10H15NO3S/c1-8(2)7-3-4-9(8)6-15(12,13)11-10(9,5-7)14-11/h7H,3-6H2,1-2H3/t7-,9+,10-,11?/m0/s1. The van der Waals surface area contributed by atoms with Gasteiger partial charge in [-0.15, -0.1) is 0 Å². The minimum absolute atomic E-state index is 0.116. The van der Waals surface area contributed by atoms with Gasteiger partial charge in [0.1, 0.15) is 0 Å². The summed E-state index contributed by atoms with van der Waals surface area (Å²) in [6.07, 6.45) is 3.10. The molecular weight excluding hydrogens is 214 g/mol. The Labute approximate surface area is 89.6 Å². The number of hydroxylamine groups is 1. The SMILES string of the molecule is CC1(C)[C@H]2CC[C@@]13CS(=O)(=O)N1O[C@]13C2. The third kappa shape index (κ3) is 0.626. The zero-order valence-electron chi connectivity index (χ0n) is 8.99. The van der Waals surface area contributed by atoms with Crippen molar-refractivity contribution in [3.63, 3.8) is 0 Å². The summed E-state index contributed by atoms with van der Waals surface area (Å²) in [6, 6.07) is 0. The quantitative estimate of drug-likeness (QED) is 0.584. The molecule has 4 rings (SSSR count). The molecule has 0 radical (unpaired) electrons. The monoisotopic (exact) mass is 229 g/mol. The van der Waals surface area contributed by atoms with Crippen LogP contribution in [0.2, 0.25) is 0 Å². The van der Waals surface area contributed by atoms with Crippen molar-refractivity contribution in [1.82, 2.24) is 4.47 Å². The molecule has 0 amide bonds. The number of rotatable bonds is 0. The van der Waals surface area contributed by atoms with Crippen LogP contribution in [0.3, 0.4) is 0 Å². The summed E-state index contributed by atoms with van der Waals surface area (Å²) >= 11 is 0. The van der Waals surface area contributed by atoms with Crippen LogP contribution in [-0.2, 0) is 14.9 Å². The van der Waals surface area contributed by atoms with Crippen molar-refractivity contribution in [3.05, 3.63) is 0 Å². The maximum atomic E-state index is 11.9. The van der Waals surface area contributed by atoms with Crippen molar-refractivity contribution in [2.45, 2.75) is 38.8 Å². The maximum absolute atomic E-state index is 11.9. The Morgan fingerprint density at radius 1 is 1.40 bits per heavy atom.